The number of amidine groups is 1. The van der Waals surface area contributed by atoms with Crippen LogP contribution < -0.4 is 5.32 Å². The first-order chi connectivity index (χ1) is 9.08. The number of nitrogens with zero attached hydrogens (tertiary/aromatic N) is 2. The van der Waals surface area contributed by atoms with Gasteiger partial charge in [0.2, 0.25) is 0 Å². The van der Waals surface area contributed by atoms with E-state index in [2.05, 4.69) is 10.3 Å². The van der Waals surface area contributed by atoms with Gasteiger partial charge in [0.25, 0.3) is 0 Å². The molecular weight excluding hydrogens is 266 g/mol. The van der Waals surface area contributed by atoms with Gasteiger partial charge in [-0.05, 0) is 13.5 Å². The number of ether oxygens (including phenoxy) is 1. The zero-order chi connectivity index (χ0) is 14.0. The van der Waals surface area contributed by atoms with Crippen LogP contribution in [0.3, 0.4) is 0 Å². The molecule has 1 fully saturated rings. The highest BCUT2D eigenvalue weighted by Crippen LogP contribution is 2.36. The van der Waals surface area contributed by atoms with Crippen LogP contribution in [0.5, 0.6) is 0 Å². The van der Waals surface area contributed by atoms with E-state index in [1.807, 2.05) is 25.8 Å². The Hall–Kier alpha value is -0.340. The van der Waals surface area contributed by atoms with Gasteiger partial charge in [0.05, 0.1) is 0 Å². The molecule has 3 N–H and O–H groups in total. The van der Waals surface area contributed by atoms with E-state index in [4.69, 9.17) is 4.74 Å². The number of aliphatic hydroxyl groups excluding tert-OH is 2. The lowest BCUT2D eigenvalue weighted by atomic mass is 9.98. The highest BCUT2D eigenvalue weighted by molar-refractivity contribution is 8.14. The minimum atomic E-state index is -0.893. The minimum absolute atomic E-state index is 0.203. The Morgan fingerprint density at radius 1 is 1.37 bits per heavy atom. The van der Waals surface area contributed by atoms with Crippen molar-refractivity contribution in [2.75, 3.05) is 26.7 Å². The lowest BCUT2D eigenvalue weighted by molar-refractivity contribution is -0.150. The van der Waals surface area contributed by atoms with Gasteiger partial charge in [0, 0.05) is 20.1 Å². The largest absolute Gasteiger partial charge is 0.388 e. The van der Waals surface area contributed by atoms with Crippen molar-refractivity contribution in [3.05, 3.63) is 0 Å². The summed E-state index contributed by atoms with van der Waals surface area (Å²) in [5.41, 5.74) is -0.203. The Balaban J connectivity index is 2.04. The molecule has 5 atom stereocenters. The summed E-state index contributed by atoms with van der Waals surface area (Å²) in [5.74, 6) is 0. The Bertz CT molecular complexity index is 342. The lowest BCUT2D eigenvalue weighted by Crippen LogP contribution is -2.57. The summed E-state index contributed by atoms with van der Waals surface area (Å²) < 4.78 is 5.87. The molecule has 0 bridgehead atoms. The fourth-order valence-corrected chi connectivity index (χ4v) is 3.45. The van der Waals surface area contributed by atoms with E-state index in [1.54, 1.807) is 0 Å². The third kappa shape index (κ3) is 3.05. The maximum atomic E-state index is 10.2. The van der Waals surface area contributed by atoms with Crippen LogP contribution in [-0.4, -0.2) is 76.8 Å². The van der Waals surface area contributed by atoms with Gasteiger partial charge < -0.3 is 25.2 Å². The van der Waals surface area contributed by atoms with Crippen LogP contribution in [0.1, 0.15) is 13.8 Å². The van der Waals surface area contributed by atoms with Crippen molar-refractivity contribution < 1.29 is 14.9 Å². The molecule has 0 aromatic rings. The summed E-state index contributed by atoms with van der Waals surface area (Å²) in [5, 5.41) is 24.3. The molecule has 0 saturated carbocycles. The molecule has 0 radical (unpaired) electrons. The van der Waals surface area contributed by atoms with E-state index in [0.717, 1.165) is 18.3 Å². The molecule has 110 valence electrons. The van der Waals surface area contributed by atoms with Crippen LogP contribution in [0, 0.1) is 0 Å². The second kappa shape index (κ2) is 6.41. The molecule has 2 aliphatic heterocycles. The molecule has 0 amide bonds. The van der Waals surface area contributed by atoms with Gasteiger partial charge in [0.1, 0.15) is 29.8 Å². The predicted molar refractivity (Wildman–Crippen MR) is 76.3 cm³/mol. The number of fused-ring (bicyclic) bond motifs is 1. The van der Waals surface area contributed by atoms with E-state index >= 15 is 0 Å². The van der Waals surface area contributed by atoms with Crippen LogP contribution >= 0.6 is 11.8 Å². The van der Waals surface area contributed by atoms with E-state index in [1.165, 1.54) is 11.8 Å². The van der Waals surface area contributed by atoms with Crippen molar-refractivity contribution in [3.63, 3.8) is 0 Å². The van der Waals surface area contributed by atoms with E-state index in [9.17, 15) is 10.2 Å². The van der Waals surface area contributed by atoms with Crippen molar-refractivity contribution in [3.8, 4) is 0 Å². The number of hydrogen-bond donors (Lipinski definition) is 3. The second-order valence-electron chi connectivity index (χ2n) is 4.87. The summed E-state index contributed by atoms with van der Waals surface area (Å²) >= 11 is 1.53. The van der Waals surface area contributed by atoms with Gasteiger partial charge in [-0.25, -0.2) is 0 Å². The van der Waals surface area contributed by atoms with Crippen molar-refractivity contribution in [1.29, 1.82) is 0 Å². The quantitative estimate of drug-likeness (QED) is 0.646. The topological polar surface area (TPSA) is 77.3 Å². The van der Waals surface area contributed by atoms with Crippen LogP contribution in [0.15, 0.2) is 4.99 Å². The molecule has 2 heterocycles. The maximum Gasteiger partial charge on any atom is 0.162 e. The second-order valence-corrected chi connectivity index (χ2v) is 5.93. The van der Waals surface area contributed by atoms with Crippen molar-refractivity contribution in [2.45, 2.75) is 43.6 Å². The van der Waals surface area contributed by atoms with E-state index in [0.29, 0.717) is 6.54 Å². The van der Waals surface area contributed by atoms with Gasteiger partial charge in [-0.3, -0.25) is 4.99 Å². The highest BCUT2D eigenvalue weighted by Gasteiger charge is 2.48. The fraction of sp³-hybridized carbons (Fsp3) is 0.917. The summed E-state index contributed by atoms with van der Waals surface area (Å²) in [6, 6.07) is -0.373. The third-order valence-corrected chi connectivity index (χ3v) is 4.80. The molecule has 1 saturated heterocycles. The molecule has 0 aliphatic carbocycles. The molecular formula is C12H23N3O3S. The Morgan fingerprint density at radius 2 is 2.11 bits per heavy atom. The normalized spacial score (nSPS) is 37.9. The average molecular weight is 289 g/mol. The summed E-state index contributed by atoms with van der Waals surface area (Å²) in [7, 11) is 1.96. The summed E-state index contributed by atoms with van der Waals surface area (Å²) in [4.78, 5) is 6.50. The van der Waals surface area contributed by atoms with Gasteiger partial charge in [0.15, 0.2) is 5.17 Å². The highest BCUT2D eigenvalue weighted by atomic mass is 32.2. The molecule has 7 heteroatoms. The smallest absolute Gasteiger partial charge is 0.162 e. The number of likely N-dealkylation sites (N-methyl/N-ethyl adjacent to an activating group) is 1. The Morgan fingerprint density at radius 3 is 2.74 bits per heavy atom. The Labute approximate surface area is 118 Å². The monoisotopic (exact) mass is 289 g/mol. The van der Waals surface area contributed by atoms with Crippen LogP contribution in [0.25, 0.3) is 0 Å². The first-order valence-electron chi connectivity index (χ1n) is 6.76. The zero-order valence-electron chi connectivity index (χ0n) is 11.6. The number of thioether (sulfide) groups is 1. The van der Waals surface area contributed by atoms with Crippen LogP contribution in [0.2, 0.25) is 0 Å². The average Bonchev–Trinajstić information content (AvgIpc) is 2.84. The van der Waals surface area contributed by atoms with Crippen molar-refractivity contribution >= 4 is 16.9 Å². The number of aliphatic hydroxyl groups is 2. The van der Waals surface area contributed by atoms with E-state index < -0.39 is 12.2 Å². The number of aliphatic imine (C=N–C) groups is 1. The predicted octanol–water partition coefficient (Wildman–Crippen LogP) is -0.534. The summed E-state index contributed by atoms with van der Waals surface area (Å²) in [6.45, 7) is 6.24. The first-order valence-corrected chi connectivity index (χ1v) is 7.64. The van der Waals surface area contributed by atoms with Gasteiger partial charge in [-0.2, -0.15) is 0 Å². The van der Waals surface area contributed by atoms with Crippen LogP contribution in [0.4, 0.5) is 0 Å². The zero-order valence-corrected chi connectivity index (χ0v) is 12.4. The SMILES string of the molecule is CCNC[C@H]1O[C@@H]2SC(N(C)CC)=N[C@@H]2[C@@H](O)[C@@H]1O. The Kier molecular flexibility index (Phi) is 5.08. The number of hydrogen-bond acceptors (Lipinski definition) is 7. The molecule has 0 spiro atoms. The molecule has 2 rings (SSSR count). The fourth-order valence-electron chi connectivity index (χ4n) is 2.19. The molecule has 2 aliphatic rings. The lowest BCUT2D eigenvalue weighted by Gasteiger charge is -2.38. The van der Waals surface area contributed by atoms with Crippen molar-refractivity contribution in [2.24, 2.45) is 4.99 Å². The van der Waals surface area contributed by atoms with Gasteiger partial charge in [-0.15, -0.1) is 0 Å². The molecule has 19 heavy (non-hydrogen) atoms. The summed E-state index contributed by atoms with van der Waals surface area (Å²) in [6.07, 6.45) is -2.14. The molecule has 0 aromatic carbocycles. The maximum absolute atomic E-state index is 10.2. The molecule has 0 unspecified atom stereocenters. The van der Waals surface area contributed by atoms with Crippen molar-refractivity contribution in [1.82, 2.24) is 10.2 Å². The number of rotatable bonds is 4. The van der Waals surface area contributed by atoms with Gasteiger partial charge in [-0.1, -0.05) is 18.7 Å². The minimum Gasteiger partial charge on any atom is -0.388 e. The van der Waals surface area contributed by atoms with Gasteiger partial charge >= 0.3 is 0 Å². The third-order valence-electron chi connectivity index (χ3n) is 3.55. The van der Waals surface area contributed by atoms with E-state index in [-0.39, 0.29) is 17.6 Å². The number of nitrogens with one attached hydrogen (secondary N) is 1. The molecule has 6 nitrogen and oxygen atoms in total. The standard InChI is InChI=1S/C12H23N3O3S/c1-4-13-6-7-9(16)10(17)8-11(18-7)19-12(14-8)15(3)5-2/h7-11,13,16-17H,4-6H2,1-3H3/t7-,8-,9-,10-,11-/m1/s1. The van der Waals surface area contributed by atoms with Crippen LogP contribution in [-0.2, 0) is 4.74 Å². The first kappa shape index (κ1) is 15.1. The molecule has 0 aromatic heterocycles.